The van der Waals surface area contributed by atoms with E-state index in [1.807, 2.05) is 0 Å². The topological polar surface area (TPSA) is 181 Å². The lowest BCUT2D eigenvalue weighted by molar-refractivity contribution is -0.150. The molecular formula is C17H15N5O7S3. The van der Waals surface area contributed by atoms with Crippen LogP contribution in [0.15, 0.2) is 21.8 Å². The Morgan fingerprint density at radius 3 is 2.62 bits per heavy atom. The number of ketones is 2. The Bertz CT molecular complexity index is 1110. The Morgan fingerprint density at radius 1 is 1.31 bits per heavy atom. The van der Waals surface area contributed by atoms with E-state index in [0.717, 1.165) is 28.0 Å². The number of carbonyl (C=O) groups excluding carboxylic acids is 4. The van der Waals surface area contributed by atoms with Crippen molar-refractivity contribution in [1.82, 2.24) is 15.2 Å². The molecule has 0 radical (unpaired) electrons. The summed E-state index contributed by atoms with van der Waals surface area (Å²) >= 11 is 3.34. The smallest absolute Gasteiger partial charge is 0.352 e. The number of carboxylic acids is 1. The van der Waals surface area contributed by atoms with E-state index >= 15 is 0 Å². The van der Waals surface area contributed by atoms with Crippen LogP contribution in [0.3, 0.4) is 0 Å². The van der Waals surface area contributed by atoms with E-state index in [-0.39, 0.29) is 39.3 Å². The van der Waals surface area contributed by atoms with Crippen LogP contribution in [0.4, 0.5) is 5.13 Å². The van der Waals surface area contributed by atoms with Gasteiger partial charge in [0.25, 0.3) is 11.8 Å². The Labute approximate surface area is 192 Å². The number of aromatic nitrogens is 1. The highest BCUT2D eigenvalue weighted by molar-refractivity contribution is 8.03. The minimum Gasteiger partial charge on any atom is -0.477 e. The Kier molecular flexibility index (Phi) is 5.96. The second-order valence-electron chi connectivity index (χ2n) is 6.71. The third-order valence-corrected chi connectivity index (χ3v) is 8.10. The zero-order valence-corrected chi connectivity index (χ0v) is 18.7. The first-order valence-corrected chi connectivity index (χ1v) is 11.9. The molecule has 2 amide bonds. The lowest BCUT2D eigenvalue weighted by atomic mass is 9.99. The minimum absolute atomic E-state index is 0.0244. The Hall–Kier alpha value is -2.91. The number of nitrogen functional groups attached to an aromatic ring is 1. The molecule has 1 aromatic heterocycles. The molecule has 2 fully saturated rings. The number of thiazole rings is 1. The van der Waals surface area contributed by atoms with Crippen LogP contribution >= 0.6 is 34.9 Å². The maximum absolute atomic E-state index is 12.8. The van der Waals surface area contributed by atoms with Crippen molar-refractivity contribution in [1.29, 1.82) is 0 Å². The molecule has 3 aliphatic heterocycles. The normalized spacial score (nSPS) is 25.5. The predicted molar refractivity (Wildman–Crippen MR) is 116 cm³/mol. The zero-order chi connectivity index (χ0) is 23.2. The Morgan fingerprint density at radius 2 is 2.06 bits per heavy atom. The molecule has 0 saturated carbocycles. The first kappa shape index (κ1) is 22.3. The predicted octanol–water partition coefficient (Wildman–Crippen LogP) is -0.932. The van der Waals surface area contributed by atoms with Gasteiger partial charge in [0.1, 0.15) is 29.9 Å². The van der Waals surface area contributed by atoms with Crippen LogP contribution in [-0.4, -0.2) is 85.3 Å². The number of carboxylic acid groups (broad SMARTS) is 1. The molecule has 15 heteroatoms. The summed E-state index contributed by atoms with van der Waals surface area (Å²) in [5.74, 6) is -3.91. The summed E-state index contributed by atoms with van der Waals surface area (Å²) in [6, 6.07) is -1.02. The number of anilines is 1. The number of β-lactam (4-membered cyclic amide) rings is 1. The van der Waals surface area contributed by atoms with Gasteiger partial charge in [-0.05, 0) is 5.57 Å². The fraction of sp³-hybridized carbons (Fsp3) is 0.353. The van der Waals surface area contributed by atoms with E-state index in [0.29, 0.717) is 0 Å². The van der Waals surface area contributed by atoms with E-state index in [4.69, 9.17) is 10.6 Å². The Balaban J connectivity index is 1.56. The molecule has 4 N–H and O–H groups in total. The van der Waals surface area contributed by atoms with Crippen molar-refractivity contribution in [3.63, 3.8) is 0 Å². The minimum atomic E-state index is -1.38. The first-order valence-electron chi connectivity index (χ1n) is 8.97. The number of Topliss-reactive ketones (excluding diaryl/α,β-unsaturated/α-hetero) is 2. The van der Waals surface area contributed by atoms with Crippen molar-refractivity contribution in [2.75, 3.05) is 24.3 Å². The molecule has 4 rings (SSSR count). The standard InChI is InChI=1S/C17H15N5O7S3/c1-29-21-8(6-3-32-17(18)19-6)13(25)20-9-14(26)22-10(16(27)28)5(2-31-15(9)22)12-11(24)7(23)4-30-12/h3,9,12,15H,2,4H2,1H3,(H2,18,19)(H,20,25)(H,27,28)/b21-8-/t9-,12?,15+/m1/s1. The number of oxime groups is 1. The van der Waals surface area contributed by atoms with Crippen LogP contribution in [0, 0.1) is 0 Å². The van der Waals surface area contributed by atoms with Crippen molar-refractivity contribution >= 4 is 75.1 Å². The number of hydrogen-bond acceptors (Lipinski definition) is 12. The second-order valence-corrected chi connectivity index (χ2v) is 9.80. The number of nitrogens with one attached hydrogen (secondary N) is 1. The van der Waals surface area contributed by atoms with Crippen LogP contribution in [0.2, 0.25) is 0 Å². The molecule has 32 heavy (non-hydrogen) atoms. The van der Waals surface area contributed by atoms with Crippen molar-refractivity contribution in [3.8, 4) is 0 Å². The number of carbonyl (C=O) groups is 5. The maximum atomic E-state index is 12.8. The monoisotopic (exact) mass is 497 g/mol. The summed E-state index contributed by atoms with van der Waals surface area (Å²) in [7, 11) is 1.24. The van der Waals surface area contributed by atoms with Gasteiger partial charge in [-0.25, -0.2) is 9.78 Å². The van der Waals surface area contributed by atoms with Gasteiger partial charge in [0.05, 0.1) is 11.0 Å². The van der Waals surface area contributed by atoms with E-state index < -0.39 is 46.0 Å². The number of rotatable bonds is 6. The molecule has 0 bridgehead atoms. The summed E-state index contributed by atoms with van der Waals surface area (Å²) < 4.78 is 0. The first-order chi connectivity index (χ1) is 15.2. The van der Waals surface area contributed by atoms with Gasteiger partial charge in [0.15, 0.2) is 10.8 Å². The number of nitrogens with two attached hydrogens (primary N) is 1. The number of nitrogens with zero attached hydrogens (tertiary/aromatic N) is 3. The fourth-order valence-corrected chi connectivity index (χ4v) is 6.64. The van der Waals surface area contributed by atoms with Crippen LogP contribution in [-0.2, 0) is 28.8 Å². The van der Waals surface area contributed by atoms with Gasteiger partial charge in [-0.1, -0.05) is 5.16 Å². The van der Waals surface area contributed by atoms with E-state index in [9.17, 15) is 29.1 Å². The second kappa shape index (κ2) is 8.55. The molecule has 3 aliphatic rings. The molecule has 4 heterocycles. The summed E-state index contributed by atoms with van der Waals surface area (Å²) in [5.41, 5.74) is 5.48. The fourth-order valence-electron chi connectivity index (χ4n) is 3.46. The lowest BCUT2D eigenvalue weighted by Gasteiger charge is -2.49. The van der Waals surface area contributed by atoms with Crippen molar-refractivity contribution in [2.24, 2.45) is 5.16 Å². The number of aliphatic carboxylic acids is 1. The van der Waals surface area contributed by atoms with Gasteiger partial charge in [-0.2, -0.15) is 0 Å². The summed E-state index contributed by atoms with van der Waals surface area (Å²) in [6.45, 7) is 0. The molecule has 12 nitrogen and oxygen atoms in total. The van der Waals surface area contributed by atoms with Crippen LogP contribution < -0.4 is 11.1 Å². The summed E-state index contributed by atoms with van der Waals surface area (Å²) in [6.07, 6.45) is 0. The molecule has 1 aromatic rings. The molecule has 0 spiro atoms. The molecule has 3 atom stereocenters. The lowest BCUT2D eigenvalue weighted by Crippen LogP contribution is -2.71. The third kappa shape index (κ3) is 3.65. The number of fused-ring (bicyclic) bond motifs is 1. The van der Waals surface area contributed by atoms with Crippen molar-refractivity contribution in [2.45, 2.75) is 16.7 Å². The van der Waals surface area contributed by atoms with E-state index in [2.05, 4.69) is 15.5 Å². The average molecular weight is 498 g/mol. The highest BCUT2D eigenvalue weighted by Crippen LogP contribution is 2.44. The van der Waals surface area contributed by atoms with Gasteiger partial charge in [-0.15, -0.1) is 34.9 Å². The van der Waals surface area contributed by atoms with Crippen LogP contribution in [0.1, 0.15) is 5.69 Å². The van der Waals surface area contributed by atoms with Crippen molar-refractivity contribution in [3.05, 3.63) is 22.3 Å². The van der Waals surface area contributed by atoms with Gasteiger partial charge in [0, 0.05) is 11.1 Å². The van der Waals surface area contributed by atoms with Gasteiger partial charge in [0.2, 0.25) is 11.6 Å². The highest BCUT2D eigenvalue weighted by Gasteiger charge is 2.56. The molecule has 0 aliphatic carbocycles. The SMILES string of the molecule is CO/N=C(\C(=O)N[C@@H]1C(=O)N2C(C(=O)O)=C(C3SCC(=O)C3=O)CS[C@@H]12)c1csc(N)n1. The molecule has 1 unspecified atom stereocenters. The molecular weight excluding hydrogens is 482 g/mol. The molecule has 168 valence electrons. The van der Waals surface area contributed by atoms with Crippen LogP contribution in [0.5, 0.6) is 0 Å². The van der Waals surface area contributed by atoms with Gasteiger partial charge >= 0.3 is 5.97 Å². The number of thioether (sulfide) groups is 2. The third-order valence-electron chi connectivity index (χ3n) is 4.86. The highest BCUT2D eigenvalue weighted by atomic mass is 32.2. The largest absolute Gasteiger partial charge is 0.477 e. The average Bonchev–Trinajstić information content (AvgIpc) is 3.34. The van der Waals surface area contributed by atoms with Crippen molar-refractivity contribution < 1.29 is 33.9 Å². The molecule has 2 saturated heterocycles. The number of hydrogen-bond donors (Lipinski definition) is 3. The maximum Gasteiger partial charge on any atom is 0.352 e. The van der Waals surface area contributed by atoms with Gasteiger partial charge < -0.3 is 21.0 Å². The summed E-state index contributed by atoms with van der Waals surface area (Å²) in [5, 5.41) is 16.0. The molecule has 0 aromatic carbocycles. The number of amides is 2. The van der Waals surface area contributed by atoms with E-state index in [1.54, 1.807) is 0 Å². The van der Waals surface area contributed by atoms with Gasteiger partial charge in [-0.3, -0.25) is 24.1 Å². The zero-order valence-electron chi connectivity index (χ0n) is 16.3. The summed E-state index contributed by atoms with van der Waals surface area (Å²) in [4.78, 5) is 71.0. The van der Waals surface area contributed by atoms with E-state index in [1.165, 1.54) is 24.3 Å². The van der Waals surface area contributed by atoms with Crippen LogP contribution in [0.25, 0.3) is 0 Å². The quantitative estimate of drug-likeness (QED) is 0.191.